The third-order valence-corrected chi connectivity index (χ3v) is 1.70. The van der Waals surface area contributed by atoms with Gasteiger partial charge in [0.1, 0.15) is 11.6 Å². The van der Waals surface area contributed by atoms with Gasteiger partial charge in [0.25, 0.3) is 0 Å². The van der Waals surface area contributed by atoms with Crippen molar-refractivity contribution in [2.75, 3.05) is 5.73 Å². The van der Waals surface area contributed by atoms with Crippen LogP contribution in [0.3, 0.4) is 0 Å². The molecule has 0 bridgehead atoms. The van der Waals surface area contributed by atoms with Gasteiger partial charge in [-0.15, -0.1) is 0 Å². The molecule has 0 saturated carbocycles. The Balaban J connectivity index is 3.28. The van der Waals surface area contributed by atoms with Gasteiger partial charge in [-0.25, -0.2) is 4.39 Å². The third kappa shape index (κ3) is 1.21. The van der Waals surface area contributed by atoms with Gasteiger partial charge in [-0.2, -0.15) is 0 Å². The highest BCUT2D eigenvalue weighted by molar-refractivity contribution is 9.10. The van der Waals surface area contributed by atoms with Gasteiger partial charge in [0.15, 0.2) is 0 Å². The molecule has 0 amide bonds. The number of halogens is 2. The summed E-state index contributed by atoms with van der Waals surface area (Å²) in [4.78, 5) is 0. The fourth-order valence-electron chi connectivity index (χ4n) is 0.554. The second kappa shape index (κ2) is 2.46. The first-order chi connectivity index (χ1) is 4.61. The number of hydrogen-bond acceptors (Lipinski definition) is 2. The molecule has 0 unspecified atom stereocenters. The van der Waals surface area contributed by atoms with E-state index in [0.29, 0.717) is 4.47 Å². The largest absolute Gasteiger partial charge is 0.507 e. The second-order valence-electron chi connectivity index (χ2n) is 1.83. The van der Waals surface area contributed by atoms with Gasteiger partial charge < -0.3 is 10.8 Å². The Morgan fingerprint density at radius 3 is 2.60 bits per heavy atom. The van der Waals surface area contributed by atoms with E-state index in [0.717, 1.165) is 12.1 Å². The number of aromatic hydroxyl groups is 1. The summed E-state index contributed by atoms with van der Waals surface area (Å²) in [5, 5.41) is 8.93. The van der Waals surface area contributed by atoms with Gasteiger partial charge in [0.2, 0.25) is 0 Å². The Labute approximate surface area is 65.6 Å². The molecular weight excluding hydrogens is 201 g/mol. The van der Waals surface area contributed by atoms with Crippen LogP contribution in [0.5, 0.6) is 5.75 Å². The molecule has 0 saturated heterocycles. The van der Waals surface area contributed by atoms with Crippen LogP contribution in [0.25, 0.3) is 0 Å². The number of phenolic OH excluding ortho intramolecular Hbond substituents is 1. The summed E-state index contributed by atoms with van der Waals surface area (Å²) in [7, 11) is 0. The molecule has 3 N–H and O–H groups in total. The van der Waals surface area contributed by atoms with E-state index < -0.39 is 5.82 Å². The highest BCUT2D eigenvalue weighted by Gasteiger charge is 2.02. The smallest absolute Gasteiger partial charge is 0.147 e. The highest BCUT2D eigenvalue weighted by Crippen LogP contribution is 2.27. The minimum absolute atomic E-state index is 0.0549. The molecule has 0 radical (unpaired) electrons. The van der Waals surface area contributed by atoms with Gasteiger partial charge >= 0.3 is 0 Å². The maximum atomic E-state index is 12.5. The molecule has 0 spiro atoms. The molecule has 0 heterocycles. The lowest BCUT2D eigenvalue weighted by Gasteiger charge is -1.98. The van der Waals surface area contributed by atoms with E-state index in [9.17, 15) is 4.39 Å². The lowest BCUT2D eigenvalue weighted by molar-refractivity contribution is 0.470. The van der Waals surface area contributed by atoms with Crippen LogP contribution in [0.2, 0.25) is 0 Å². The Hall–Kier alpha value is -0.770. The number of nitrogens with two attached hydrogens (primary N) is 1. The van der Waals surface area contributed by atoms with Crippen LogP contribution in [0, 0.1) is 5.82 Å². The summed E-state index contributed by atoms with van der Waals surface area (Å²) in [6.45, 7) is 0. The van der Waals surface area contributed by atoms with Gasteiger partial charge in [-0.05, 0) is 22.0 Å². The molecular formula is C6H5BrFNO. The van der Waals surface area contributed by atoms with Crippen molar-refractivity contribution in [2.24, 2.45) is 0 Å². The van der Waals surface area contributed by atoms with E-state index in [2.05, 4.69) is 15.9 Å². The van der Waals surface area contributed by atoms with Gasteiger partial charge in [0, 0.05) is 6.07 Å². The van der Waals surface area contributed by atoms with Crippen LogP contribution in [-0.2, 0) is 0 Å². The summed E-state index contributed by atoms with van der Waals surface area (Å²) in [6.07, 6.45) is 0. The first-order valence-electron chi connectivity index (χ1n) is 2.54. The summed E-state index contributed by atoms with van der Waals surface area (Å²) in [5.74, 6) is -0.594. The maximum Gasteiger partial charge on any atom is 0.147 e. The molecule has 10 heavy (non-hydrogen) atoms. The number of phenols is 1. The summed E-state index contributed by atoms with van der Waals surface area (Å²) >= 11 is 2.93. The fraction of sp³-hybridized carbons (Fsp3) is 0. The molecule has 0 aliphatic rings. The molecule has 0 aliphatic heterocycles. The second-order valence-corrected chi connectivity index (χ2v) is 2.68. The molecule has 0 atom stereocenters. The normalized spacial score (nSPS) is 9.80. The number of benzene rings is 1. The average molecular weight is 206 g/mol. The van der Waals surface area contributed by atoms with Crippen molar-refractivity contribution < 1.29 is 9.50 Å². The summed E-state index contributed by atoms with van der Waals surface area (Å²) < 4.78 is 12.8. The van der Waals surface area contributed by atoms with Crippen LogP contribution in [0.4, 0.5) is 10.1 Å². The molecule has 4 heteroatoms. The Kier molecular flexibility index (Phi) is 1.80. The topological polar surface area (TPSA) is 46.2 Å². The van der Waals surface area contributed by atoms with Crippen molar-refractivity contribution in [3.63, 3.8) is 0 Å². The lowest BCUT2D eigenvalue weighted by Crippen LogP contribution is -1.89. The fourth-order valence-corrected chi connectivity index (χ4v) is 0.869. The van der Waals surface area contributed by atoms with Gasteiger partial charge in [-0.1, -0.05) is 0 Å². The van der Waals surface area contributed by atoms with Crippen molar-refractivity contribution in [3.8, 4) is 5.75 Å². The Bertz CT molecular complexity index is 214. The van der Waals surface area contributed by atoms with Crippen molar-refractivity contribution in [1.29, 1.82) is 0 Å². The molecule has 1 aromatic rings. The molecule has 0 aliphatic carbocycles. The van der Waals surface area contributed by atoms with Crippen molar-refractivity contribution in [1.82, 2.24) is 0 Å². The average Bonchev–Trinajstić information content (AvgIpc) is 1.84. The lowest BCUT2D eigenvalue weighted by atomic mass is 10.3. The predicted molar refractivity (Wildman–Crippen MR) is 40.2 cm³/mol. The van der Waals surface area contributed by atoms with E-state index in [4.69, 9.17) is 10.8 Å². The SMILES string of the molecule is Nc1cc(O)c(Br)cc1F. The molecule has 1 aromatic carbocycles. The van der Waals surface area contributed by atoms with E-state index in [1.54, 1.807) is 0 Å². The van der Waals surface area contributed by atoms with Crippen LogP contribution in [0.1, 0.15) is 0 Å². The minimum Gasteiger partial charge on any atom is -0.507 e. The molecule has 54 valence electrons. The van der Waals surface area contributed by atoms with Crippen molar-refractivity contribution >= 4 is 21.6 Å². The van der Waals surface area contributed by atoms with Crippen LogP contribution in [0.15, 0.2) is 16.6 Å². The van der Waals surface area contributed by atoms with Crippen LogP contribution >= 0.6 is 15.9 Å². The first-order valence-corrected chi connectivity index (χ1v) is 3.34. The van der Waals surface area contributed by atoms with E-state index >= 15 is 0 Å². The van der Waals surface area contributed by atoms with Gasteiger partial charge in [0.05, 0.1) is 10.2 Å². The number of hydrogen-bond donors (Lipinski definition) is 2. The standard InChI is InChI=1S/C6H5BrFNO/c7-3-1-4(8)5(9)2-6(3)10/h1-2,10H,9H2. The molecule has 1 rings (SSSR count). The molecule has 2 nitrogen and oxygen atoms in total. The molecule has 0 fully saturated rings. The number of rotatable bonds is 0. The van der Waals surface area contributed by atoms with Gasteiger partial charge in [-0.3, -0.25) is 0 Å². The predicted octanol–water partition coefficient (Wildman–Crippen LogP) is 1.88. The first kappa shape index (κ1) is 7.34. The van der Waals surface area contributed by atoms with E-state index in [1.807, 2.05) is 0 Å². The van der Waals surface area contributed by atoms with Crippen molar-refractivity contribution in [2.45, 2.75) is 0 Å². The van der Waals surface area contributed by atoms with Crippen LogP contribution in [-0.4, -0.2) is 5.11 Å². The zero-order chi connectivity index (χ0) is 7.72. The highest BCUT2D eigenvalue weighted by atomic mass is 79.9. The zero-order valence-electron chi connectivity index (χ0n) is 4.94. The van der Waals surface area contributed by atoms with E-state index in [1.165, 1.54) is 0 Å². The Morgan fingerprint density at radius 2 is 2.10 bits per heavy atom. The monoisotopic (exact) mass is 205 g/mol. The summed E-state index contributed by atoms with van der Waals surface area (Å²) in [6, 6.07) is 2.27. The maximum absolute atomic E-state index is 12.5. The quantitative estimate of drug-likeness (QED) is 0.636. The minimum atomic E-state index is -0.537. The molecule has 0 aromatic heterocycles. The van der Waals surface area contributed by atoms with Crippen molar-refractivity contribution in [3.05, 3.63) is 22.4 Å². The van der Waals surface area contributed by atoms with Crippen LogP contribution < -0.4 is 5.73 Å². The Morgan fingerprint density at radius 1 is 1.50 bits per heavy atom. The van der Waals surface area contributed by atoms with E-state index in [-0.39, 0.29) is 11.4 Å². The zero-order valence-corrected chi connectivity index (χ0v) is 6.52. The third-order valence-electron chi connectivity index (χ3n) is 1.07. The number of anilines is 1. The summed E-state index contributed by atoms with van der Waals surface area (Å²) in [5.41, 5.74) is 5.08. The number of nitrogen functional groups attached to an aromatic ring is 1.